The lowest BCUT2D eigenvalue weighted by atomic mass is 9.84. The molecule has 134 valence electrons. The van der Waals surface area contributed by atoms with E-state index in [2.05, 4.69) is 6.92 Å². The molecule has 2 aromatic rings. The molecule has 1 fully saturated rings. The Hall–Kier alpha value is -1.74. The molecule has 1 saturated heterocycles. The molecule has 3 rings (SSSR count). The van der Waals surface area contributed by atoms with E-state index in [-0.39, 0.29) is 17.7 Å². The van der Waals surface area contributed by atoms with Crippen molar-refractivity contribution in [2.45, 2.75) is 63.6 Å². The van der Waals surface area contributed by atoms with Gasteiger partial charge in [0.1, 0.15) is 17.2 Å². The average molecular weight is 344 g/mol. The number of ether oxygens (including phenoxy) is 1. The lowest BCUT2D eigenvalue weighted by molar-refractivity contribution is -0.0206. The van der Waals surface area contributed by atoms with Crippen LogP contribution in [-0.2, 0) is 10.3 Å². The van der Waals surface area contributed by atoms with Crippen LogP contribution in [0.3, 0.4) is 0 Å². The summed E-state index contributed by atoms with van der Waals surface area (Å²) < 4.78 is 33.3. The zero-order chi connectivity index (χ0) is 17.7. The predicted molar refractivity (Wildman–Crippen MR) is 96.4 cm³/mol. The molecule has 25 heavy (non-hydrogen) atoms. The van der Waals surface area contributed by atoms with Crippen molar-refractivity contribution in [3.05, 3.63) is 71.3 Å². The minimum Gasteiger partial charge on any atom is -0.362 e. The van der Waals surface area contributed by atoms with Gasteiger partial charge in [-0.1, -0.05) is 56.9 Å². The highest BCUT2D eigenvalue weighted by Crippen LogP contribution is 2.45. The molecule has 1 aliphatic rings. The van der Waals surface area contributed by atoms with Crippen LogP contribution in [-0.4, -0.2) is 6.10 Å². The minimum atomic E-state index is -0.600. The zero-order valence-electron chi connectivity index (χ0n) is 14.8. The fraction of sp³-hybridized carbons (Fsp3) is 0.455. The fourth-order valence-electron chi connectivity index (χ4n) is 3.80. The first kappa shape index (κ1) is 18.1. The number of rotatable bonds is 7. The highest BCUT2D eigenvalue weighted by atomic mass is 19.1. The summed E-state index contributed by atoms with van der Waals surface area (Å²) in [6.45, 7) is 2.21. The van der Waals surface area contributed by atoms with Crippen LogP contribution in [0.1, 0.15) is 63.0 Å². The molecular weight excluding hydrogens is 318 g/mol. The number of hydrogen-bond acceptors (Lipinski definition) is 1. The maximum Gasteiger partial charge on any atom is 0.123 e. The molecule has 1 nitrogen and oxygen atoms in total. The van der Waals surface area contributed by atoms with Crippen molar-refractivity contribution in [2.24, 2.45) is 0 Å². The first-order valence-corrected chi connectivity index (χ1v) is 9.34. The van der Waals surface area contributed by atoms with Crippen LogP contribution in [0.4, 0.5) is 8.78 Å². The predicted octanol–water partition coefficient (Wildman–Crippen LogP) is 6.36. The van der Waals surface area contributed by atoms with Gasteiger partial charge in [0.2, 0.25) is 0 Å². The molecule has 0 aliphatic carbocycles. The van der Waals surface area contributed by atoms with Crippen molar-refractivity contribution in [1.29, 1.82) is 0 Å². The molecule has 0 bridgehead atoms. The van der Waals surface area contributed by atoms with Gasteiger partial charge < -0.3 is 4.74 Å². The van der Waals surface area contributed by atoms with Gasteiger partial charge in [0.25, 0.3) is 0 Å². The maximum absolute atomic E-state index is 13.4. The van der Waals surface area contributed by atoms with Crippen LogP contribution < -0.4 is 0 Å². The quantitative estimate of drug-likeness (QED) is 0.531. The first-order valence-electron chi connectivity index (χ1n) is 9.34. The summed E-state index contributed by atoms with van der Waals surface area (Å²) in [5.41, 5.74) is 1.28. The topological polar surface area (TPSA) is 9.23 Å². The molecule has 0 spiro atoms. The molecule has 3 heteroatoms. The van der Waals surface area contributed by atoms with Crippen LogP contribution >= 0.6 is 0 Å². The van der Waals surface area contributed by atoms with E-state index in [1.807, 2.05) is 0 Å². The van der Waals surface area contributed by atoms with Gasteiger partial charge in [-0.05, 0) is 54.7 Å². The third-order valence-corrected chi connectivity index (χ3v) is 5.19. The van der Waals surface area contributed by atoms with Gasteiger partial charge in [-0.15, -0.1) is 0 Å². The Morgan fingerprint density at radius 3 is 1.96 bits per heavy atom. The Morgan fingerprint density at radius 1 is 0.880 bits per heavy atom. The summed E-state index contributed by atoms with van der Waals surface area (Å²) in [5, 5.41) is 0. The van der Waals surface area contributed by atoms with Crippen molar-refractivity contribution in [1.82, 2.24) is 0 Å². The Kier molecular flexibility index (Phi) is 5.85. The Morgan fingerprint density at radius 2 is 1.44 bits per heavy atom. The number of hydrogen-bond donors (Lipinski definition) is 0. The van der Waals surface area contributed by atoms with Gasteiger partial charge in [0, 0.05) is 0 Å². The van der Waals surface area contributed by atoms with Gasteiger partial charge in [-0.2, -0.15) is 0 Å². The second-order valence-electron chi connectivity index (χ2n) is 6.97. The monoisotopic (exact) mass is 344 g/mol. The molecule has 0 amide bonds. The molecule has 1 heterocycles. The highest BCUT2D eigenvalue weighted by Gasteiger charge is 2.42. The van der Waals surface area contributed by atoms with Crippen LogP contribution in [0.15, 0.2) is 48.5 Å². The number of benzene rings is 2. The summed E-state index contributed by atoms with van der Waals surface area (Å²) in [7, 11) is 0. The normalized spacial score (nSPS) is 19.2. The minimum absolute atomic E-state index is 0.201. The van der Waals surface area contributed by atoms with Gasteiger partial charge in [0.15, 0.2) is 0 Å². The van der Waals surface area contributed by atoms with Crippen molar-refractivity contribution < 1.29 is 13.5 Å². The Labute approximate surface area is 149 Å². The van der Waals surface area contributed by atoms with E-state index in [1.165, 1.54) is 49.9 Å². The lowest BCUT2D eigenvalue weighted by Crippen LogP contribution is -2.28. The smallest absolute Gasteiger partial charge is 0.123 e. The van der Waals surface area contributed by atoms with Crippen LogP contribution in [0.2, 0.25) is 0 Å². The summed E-state index contributed by atoms with van der Waals surface area (Å²) in [4.78, 5) is 0. The van der Waals surface area contributed by atoms with E-state index in [1.54, 1.807) is 24.3 Å². The van der Waals surface area contributed by atoms with E-state index in [0.717, 1.165) is 30.4 Å². The molecule has 1 aliphatic heterocycles. The summed E-state index contributed by atoms with van der Waals surface area (Å²) >= 11 is 0. The first-order chi connectivity index (χ1) is 12.1. The second-order valence-corrected chi connectivity index (χ2v) is 6.97. The van der Waals surface area contributed by atoms with Crippen molar-refractivity contribution in [3.8, 4) is 0 Å². The van der Waals surface area contributed by atoms with Crippen LogP contribution in [0, 0.1) is 11.6 Å². The molecule has 0 aromatic heterocycles. The number of unbranched alkanes of at least 4 members (excludes halogenated alkanes) is 3. The Bertz CT molecular complexity index is 618. The molecule has 0 saturated carbocycles. The summed E-state index contributed by atoms with van der Waals surface area (Å²) in [5.74, 6) is -0.515. The molecule has 0 N–H and O–H groups in total. The fourth-order valence-corrected chi connectivity index (χ4v) is 3.80. The summed E-state index contributed by atoms with van der Waals surface area (Å²) in [6.07, 6.45) is 7.94. The molecule has 2 aromatic carbocycles. The van der Waals surface area contributed by atoms with Gasteiger partial charge in [-0.3, -0.25) is 0 Å². The van der Waals surface area contributed by atoms with E-state index >= 15 is 0 Å². The van der Waals surface area contributed by atoms with Crippen LogP contribution in [0.5, 0.6) is 0 Å². The average Bonchev–Trinajstić information content (AvgIpc) is 3.05. The molecule has 0 radical (unpaired) electrons. The van der Waals surface area contributed by atoms with Crippen molar-refractivity contribution in [3.63, 3.8) is 0 Å². The third kappa shape index (κ3) is 4.09. The van der Waals surface area contributed by atoms with Gasteiger partial charge in [0.05, 0.1) is 6.10 Å². The second kappa shape index (κ2) is 8.09. The molecule has 1 atom stereocenters. The standard InChI is InChI=1S/C22H26F2O/c1-2-3-4-5-6-21-15-16-22(25-21,17-7-11-19(23)12-8-17)18-9-13-20(24)14-10-18/h7-14,21H,2-6,15-16H2,1H3. The van der Waals surface area contributed by atoms with E-state index in [4.69, 9.17) is 4.74 Å². The largest absolute Gasteiger partial charge is 0.362 e. The van der Waals surface area contributed by atoms with E-state index in [0.29, 0.717) is 0 Å². The van der Waals surface area contributed by atoms with E-state index < -0.39 is 5.60 Å². The molecular formula is C22H26F2O. The Balaban J connectivity index is 1.84. The SMILES string of the molecule is CCCCCCC1CCC(c2ccc(F)cc2)(c2ccc(F)cc2)O1. The van der Waals surface area contributed by atoms with Gasteiger partial charge in [-0.25, -0.2) is 8.78 Å². The summed E-state index contributed by atoms with van der Waals surface area (Å²) in [6, 6.07) is 13.0. The molecule has 1 unspecified atom stereocenters. The number of halogens is 2. The van der Waals surface area contributed by atoms with Gasteiger partial charge >= 0.3 is 0 Å². The van der Waals surface area contributed by atoms with Crippen LogP contribution in [0.25, 0.3) is 0 Å². The van der Waals surface area contributed by atoms with Crippen molar-refractivity contribution >= 4 is 0 Å². The maximum atomic E-state index is 13.4. The highest BCUT2D eigenvalue weighted by molar-refractivity contribution is 5.37. The van der Waals surface area contributed by atoms with E-state index in [9.17, 15) is 8.78 Å². The third-order valence-electron chi connectivity index (χ3n) is 5.19. The lowest BCUT2D eigenvalue weighted by Gasteiger charge is -2.31. The zero-order valence-corrected chi connectivity index (χ0v) is 14.8. The van der Waals surface area contributed by atoms with Crippen molar-refractivity contribution in [2.75, 3.05) is 0 Å².